The number of aliphatic hydroxyl groups is 1. The first kappa shape index (κ1) is 23.2. The molecule has 3 heterocycles. The topological polar surface area (TPSA) is 115 Å². The first-order valence-electron chi connectivity index (χ1n) is 11.2. The summed E-state index contributed by atoms with van der Waals surface area (Å²) >= 11 is 0. The van der Waals surface area contributed by atoms with Crippen LogP contribution < -0.4 is 15.6 Å². The Morgan fingerprint density at radius 1 is 1.20 bits per heavy atom. The number of rotatable bonds is 7. The standard InChI is InChI=1S/C24H25F2N5O4/c25-18-6-16-20(30(31-12-22(31)26)10-17(23(16)32)24(33)34)7-21(18)29-9-15(8-27)19(11-29)28-35-13-14-4-2-1-3-5-14/h1-7,10,15,22-23,32H,8-9,11-13,27H2,(H,33,34)/b28-19+/t15?,22-,23?,31?/m1/s1. The fourth-order valence-electron chi connectivity index (χ4n) is 4.40. The monoisotopic (exact) mass is 485 g/mol. The smallest absolute Gasteiger partial charge is 0.336 e. The van der Waals surface area contributed by atoms with E-state index in [1.165, 1.54) is 22.3 Å². The van der Waals surface area contributed by atoms with Crippen molar-refractivity contribution in [2.24, 2.45) is 16.8 Å². The number of hydrogen-bond donors (Lipinski definition) is 3. The molecule has 11 heteroatoms. The molecule has 2 fully saturated rings. The van der Waals surface area contributed by atoms with Crippen LogP contribution in [0.15, 0.2) is 59.4 Å². The van der Waals surface area contributed by atoms with Crippen LogP contribution in [0, 0.1) is 11.7 Å². The Morgan fingerprint density at radius 3 is 2.60 bits per heavy atom. The number of nitrogens with two attached hydrogens (primary N) is 1. The Hall–Kier alpha value is -3.54. The van der Waals surface area contributed by atoms with E-state index in [0.29, 0.717) is 31.1 Å². The number of oxime groups is 1. The number of aliphatic hydroxyl groups excluding tert-OH is 1. The van der Waals surface area contributed by atoms with E-state index in [1.54, 1.807) is 4.90 Å². The first-order valence-corrected chi connectivity index (χ1v) is 11.2. The second kappa shape index (κ2) is 9.25. The van der Waals surface area contributed by atoms with Crippen molar-refractivity contribution < 1.29 is 28.6 Å². The maximum absolute atomic E-state index is 15.3. The van der Waals surface area contributed by atoms with E-state index in [2.05, 4.69) is 5.16 Å². The minimum Gasteiger partial charge on any atom is -0.478 e. The third-order valence-electron chi connectivity index (χ3n) is 6.39. The minimum atomic E-state index is -1.54. The van der Waals surface area contributed by atoms with Gasteiger partial charge in [0, 0.05) is 30.8 Å². The van der Waals surface area contributed by atoms with Crippen LogP contribution in [-0.2, 0) is 16.2 Å². The predicted octanol–water partition coefficient (Wildman–Crippen LogP) is 2.14. The number of hydrogen-bond acceptors (Lipinski definition) is 8. The second-order valence-electron chi connectivity index (χ2n) is 8.71. The SMILES string of the molecule is NCC1CN(c2cc3c(cc2F)C(O)C(C(=O)O)=CN3N2C[C@@H]2F)C/C1=N\OCc1ccccc1. The van der Waals surface area contributed by atoms with Crippen LogP contribution in [0.1, 0.15) is 17.2 Å². The average molecular weight is 485 g/mol. The predicted molar refractivity (Wildman–Crippen MR) is 125 cm³/mol. The summed E-state index contributed by atoms with van der Waals surface area (Å²) in [6, 6.07) is 12.2. The van der Waals surface area contributed by atoms with E-state index < -0.39 is 24.2 Å². The lowest BCUT2D eigenvalue weighted by Gasteiger charge is -2.33. The number of anilines is 2. The quantitative estimate of drug-likeness (QED) is 0.311. The Bertz CT molecular complexity index is 1190. The summed E-state index contributed by atoms with van der Waals surface area (Å²) in [4.78, 5) is 18.9. The third-order valence-corrected chi connectivity index (χ3v) is 6.39. The van der Waals surface area contributed by atoms with E-state index in [9.17, 15) is 19.4 Å². The van der Waals surface area contributed by atoms with Gasteiger partial charge in [0.2, 0.25) is 0 Å². The lowest BCUT2D eigenvalue weighted by Crippen LogP contribution is -2.33. The van der Waals surface area contributed by atoms with Gasteiger partial charge in [0.1, 0.15) is 18.5 Å². The molecule has 3 aliphatic rings. The van der Waals surface area contributed by atoms with Crippen LogP contribution in [0.2, 0.25) is 0 Å². The number of carboxylic acid groups (broad SMARTS) is 1. The molecule has 2 aromatic carbocycles. The minimum absolute atomic E-state index is 0.0555. The Morgan fingerprint density at radius 2 is 1.94 bits per heavy atom. The highest BCUT2D eigenvalue weighted by Crippen LogP contribution is 2.43. The summed E-state index contributed by atoms with van der Waals surface area (Å²) in [7, 11) is 0. The normalized spacial score (nSPS) is 26.5. The molecule has 35 heavy (non-hydrogen) atoms. The van der Waals surface area contributed by atoms with E-state index in [4.69, 9.17) is 10.6 Å². The number of fused-ring (bicyclic) bond motifs is 1. The zero-order valence-electron chi connectivity index (χ0n) is 18.7. The highest BCUT2D eigenvalue weighted by atomic mass is 19.1. The van der Waals surface area contributed by atoms with Crippen molar-refractivity contribution in [1.82, 2.24) is 5.01 Å². The van der Waals surface area contributed by atoms with Crippen LogP contribution in [0.3, 0.4) is 0 Å². The molecule has 3 aliphatic heterocycles. The van der Waals surface area contributed by atoms with Crippen molar-refractivity contribution in [3.05, 3.63) is 71.2 Å². The van der Waals surface area contributed by atoms with Gasteiger partial charge in [-0.3, -0.25) is 5.01 Å². The molecular weight excluding hydrogens is 460 g/mol. The zero-order valence-corrected chi connectivity index (χ0v) is 18.7. The van der Waals surface area contributed by atoms with Gasteiger partial charge in [0.05, 0.1) is 35.7 Å². The highest BCUT2D eigenvalue weighted by molar-refractivity contribution is 5.95. The molecular formula is C24H25F2N5O4. The van der Waals surface area contributed by atoms with Gasteiger partial charge in [-0.1, -0.05) is 35.5 Å². The number of hydrazine groups is 1. The fraction of sp³-hybridized carbons (Fsp3) is 0.333. The second-order valence-corrected chi connectivity index (χ2v) is 8.71. The Balaban J connectivity index is 1.41. The zero-order chi connectivity index (χ0) is 24.7. The molecule has 2 aromatic rings. The number of carbonyl (C=O) groups is 1. The van der Waals surface area contributed by atoms with Crippen molar-refractivity contribution >= 4 is 23.1 Å². The lowest BCUT2D eigenvalue weighted by atomic mass is 9.96. The molecule has 2 saturated heterocycles. The maximum Gasteiger partial charge on any atom is 0.336 e. The number of benzene rings is 2. The van der Waals surface area contributed by atoms with Gasteiger partial charge in [-0.25, -0.2) is 13.6 Å². The number of aliphatic carboxylic acids is 1. The van der Waals surface area contributed by atoms with Gasteiger partial charge in [-0.15, -0.1) is 0 Å². The first-order chi connectivity index (χ1) is 16.9. The van der Waals surface area contributed by atoms with Crippen molar-refractivity contribution in [3.63, 3.8) is 0 Å². The van der Waals surface area contributed by atoms with Crippen LogP contribution in [-0.4, -0.2) is 59.4 Å². The van der Waals surface area contributed by atoms with Crippen molar-refractivity contribution in [1.29, 1.82) is 0 Å². The molecule has 0 spiro atoms. The van der Waals surface area contributed by atoms with Gasteiger partial charge < -0.3 is 25.7 Å². The number of carboxylic acids is 1. The summed E-state index contributed by atoms with van der Waals surface area (Å²) in [6.45, 7) is 1.33. The number of nitrogens with zero attached hydrogens (tertiary/aromatic N) is 4. The van der Waals surface area contributed by atoms with E-state index in [0.717, 1.165) is 11.6 Å². The average Bonchev–Trinajstić information content (AvgIpc) is 3.43. The largest absolute Gasteiger partial charge is 0.478 e. The molecule has 0 saturated carbocycles. The van der Waals surface area contributed by atoms with E-state index in [-0.39, 0.29) is 35.8 Å². The molecule has 4 N–H and O–H groups in total. The van der Waals surface area contributed by atoms with Crippen LogP contribution in [0.4, 0.5) is 20.2 Å². The molecule has 0 amide bonds. The van der Waals surface area contributed by atoms with E-state index >= 15 is 4.39 Å². The molecule has 0 aromatic heterocycles. The van der Waals surface area contributed by atoms with E-state index in [1.807, 2.05) is 30.3 Å². The molecule has 184 valence electrons. The van der Waals surface area contributed by atoms with Crippen LogP contribution >= 0.6 is 0 Å². The maximum atomic E-state index is 15.3. The molecule has 9 nitrogen and oxygen atoms in total. The van der Waals surface area contributed by atoms with Gasteiger partial charge in [-0.05, 0) is 17.7 Å². The summed E-state index contributed by atoms with van der Waals surface area (Å²) in [5, 5.41) is 26.9. The number of alkyl halides is 1. The van der Waals surface area contributed by atoms with Crippen molar-refractivity contribution in [2.75, 3.05) is 36.1 Å². The van der Waals surface area contributed by atoms with Gasteiger partial charge in [-0.2, -0.15) is 5.01 Å². The molecule has 4 atom stereocenters. The highest BCUT2D eigenvalue weighted by Gasteiger charge is 2.44. The lowest BCUT2D eigenvalue weighted by molar-refractivity contribution is -0.133. The summed E-state index contributed by atoms with van der Waals surface area (Å²) in [6.07, 6.45) is -1.65. The van der Waals surface area contributed by atoms with Crippen LogP contribution in [0.25, 0.3) is 0 Å². The summed E-state index contributed by atoms with van der Waals surface area (Å²) in [5.41, 5.74) is 7.80. The Labute approximate surface area is 200 Å². The Kier molecular flexibility index (Phi) is 6.13. The number of halogens is 2. The molecule has 3 unspecified atom stereocenters. The molecule has 5 rings (SSSR count). The molecule has 0 bridgehead atoms. The fourth-order valence-corrected chi connectivity index (χ4v) is 4.40. The molecule has 0 aliphatic carbocycles. The van der Waals surface area contributed by atoms with Crippen LogP contribution in [0.5, 0.6) is 0 Å². The van der Waals surface area contributed by atoms with Crippen molar-refractivity contribution in [3.8, 4) is 0 Å². The van der Waals surface area contributed by atoms with Gasteiger partial charge in [0.15, 0.2) is 6.30 Å². The molecule has 0 radical (unpaired) electrons. The van der Waals surface area contributed by atoms with Gasteiger partial charge in [0.25, 0.3) is 0 Å². The van der Waals surface area contributed by atoms with Crippen molar-refractivity contribution in [2.45, 2.75) is 19.0 Å². The van der Waals surface area contributed by atoms with Gasteiger partial charge >= 0.3 is 5.97 Å². The third kappa shape index (κ3) is 4.45. The summed E-state index contributed by atoms with van der Waals surface area (Å²) in [5.74, 6) is -2.15. The summed E-state index contributed by atoms with van der Waals surface area (Å²) < 4.78 is 29.1.